The fourth-order valence-corrected chi connectivity index (χ4v) is 2.45. The highest BCUT2D eigenvalue weighted by Gasteiger charge is 2.10. The summed E-state index contributed by atoms with van der Waals surface area (Å²) in [7, 11) is 6.24. The Hall–Kier alpha value is -1.36. The predicted octanol–water partition coefficient (Wildman–Crippen LogP) is 3.07. The van der Waals surface area contributed by atoms with Crippen LogP contribution in [-0.2, 0) is 19.6 Å². The minimum Gasteiger partial charge on any atom is -0.305 e. The molecule has 2 aromatic rings. The maximum Gasteiger partial charge on any atom is 0.0951 e. The highest BCUT2D eigenvalue weighted by molar-refractivity contribution is 6.31. The Labute approximate surface area is 131 Å². The van der Waals surface area contributed by atoms with Gasteiger partial charge in [-0.15, -0.1) is 0 Å². The summed E-state index contributed by atoms with van der Waals surface area (Å²) in [6, 6.07) is 8.75. The van der Waals surface area contributed by atoms with E-state index in [4.69, 9.17) is 11.6 Å². The Balaban J connectivity index is 1.93. The SMILES string of the molecule is Cc1[nH]nc(CN(C)Cc2ccc(CN(C)C)cc2)c1Cl. The second-order valence-corrected chi connectivity index (χ2v) is 6.21. The lowest BCUT2D eigenvalue weighted by atomic mass is 10.1. The molecule has 0 aliphatic heterocycles. The first-order valence-electron chi connectivity index (χ1n) is 7.06. The number of hydrogen-bond acceptors (Lipinski definition) is 3. The fraction of sp³-hybridized carbons (Fsp3) is 0.438. The molecule has 0 bridgehead atoms. The van der Waals surface area contributed by atoms with Gasteiger partial charge in [-0.3, -0.25) is 10.00 Å². The van der Waals surface area contributed by atoms with Gasteiger partial charge in [-0.2, -0.15) is 5.10 Å². The average Bonchev–Trinajstić information content (AvgIpc) is 2.72. The molecular weight excluding hydrogens is 284 g/mol. The Morgan fingerprint density at radius 3 is 2.05 bits per heavy atom. The van der Waals surface area contributed by atoms with Crippen LogP contribution >= 0.6 is 11.6 Å². The molecule has 0 aliphatic rings. The summed E-state index contributed by atoms with van der Waals surface area (Å²) >= 11 is 6.20. The molecule has 0 aliphatic carbocycles. The van der Waals surface area contributed by atoms with Crippen molar-refractivity contribution in [2.45, 2.75) is 26.6 Å². The van der Waals surface area contributed by atoms with E-state index in [0.29, 0.717) is 0 Å². The number of rotatable bonds is 6. The van der Waals surface area contributed by atoms with E-state index in [2.05, 4.69) is 65.4 Å². The summed E-state index contributed by atoms with van der Waals surface area (Å²) in [4.78, 5) is 4.38. The van der Waals surface area contributed by atoms with Crippen LogP contribution in [0.15, 0.2) is 24.3 Å². The highest BCUT2D eigenvalue weighted by atomic mass is 35.5. The van der Waals surface area contributed by atoms with Gasteiger partial charge >= 0.3 is 0 Å². The van der Waals surface area contributed by atoms with Gasteiger partial charge in [0.2, 0.25) is 0 Å². The first-order chi connectivity index (χ1) is 9.95. The van der Waals surface area contributed by atoms with E-state index in [1.165, 1.54) is 11.1 Å². The van der Waals surface area contributed by atoms with E-state index in [1.54, 1.807) is 0 Å². The van der Waals surface area contributed by atoms with Crippen LogP contribution in [0, 0.1) is 6.92 Å². The maximum atomic E-state index is 6.20. The van der Waals surface area contributed by atoms with Crippen molar-refractivity contribution in [3.05, 3.63) is 51.8 Å². The molecular formula is C16H23ClN4. The zero-order chi connectivity index (χ0) is 15.4. The second kappa shape index (κ2) is 7.07. The zero-order valence-corrected chi connectivity index (χ0v) is 13.9. The van der Waals surface area contributed by atoms with Crippen molar-refractivity contribution in [2.75, 3.05) is 21.1 Å². The monoisotopic (exact) mass is 306 g/mol. The van der Waals surface area contributed by atoms with Gasteiger partial charge in [0, 0.05) is 19.6 Å². The molecule has 0 atom stereocenters. The summed E-state index contributed by atoms with van der Waals surface area (Å²) in [5.74, 6) is 0. The Kier molecular flexibility index (Phi) is 5.39. The molecule has 0 saturated carbocycles. The van der Waals surface area contributed by atoms with Gasteiger partial charge < -0.3 is 4.90 Å². The molecule has 1 N–H and O–H groups in total. The summed E-state index contributed by atoms with van der Waals surface area (Å²) in [6.07, 6.45) is 0. The molecule has 114 valence electrons. The second-order valence-electron chi connectivity index (χ2n) is 5.84. The number of hydrogen-bond donors (Lipinski definition) is 1. The van der Waals surface area contributed by atoms with E-state index in [1.807, 2.05) is 6.92 Å². The standard InChI is InChI=1S/C16H23ClN4/c1-12-16(17)15(19-18-12)11-21(4)10-14-7-5-13(6-8-14)9-20(2)3/h5-8H,9-11H2,1-4H3,(H,18,19). The minimum atomic E-state index is 0.739. The van der Waals surface area contributed by atoms with Gasteiger partial charge in [0.05, 0.1) is 16.4 Å². The van der Waals surface area contributed by atoms with Crippen LogP contribution in [-0.4, -0.2) is 41.1 Å². The summed E-state index contributed by atoms with van der Waals surface area (Å²) in [5.41, 5.74) is 4.45. The van der Waals surface area contributed by atoms with Crippen LogP contribution in [0.5, 0.6) is 0 Å². The first-order valence-corrected chi connectivity index (χ1v) is 7.44. The van der Waals surface area contributed by atoms with Gasteiger partial charge in [-0.25, -0.2) is 0 Å². The number of nitrogens with zero attached hydrogens (tertiary/aromatic N) is 3. The van der Waals surface area contributed by atoms with E-state index >= 15 is 0 Å². The molecule has 0 fully saturated rings. The van der Waals surface area contributed by atoms with Crippen molar-refractivity contribution in [3.8, 4) is 0 Å². The van der Waals surface area contributed by atoms with Gasteiger partial charge in [0.15, 0.2) is 0 Å². The van der Waals surface area contributed by atoms with Crippen molar-refractivity contribution >= 4 is 11.6 Å². The van der Waals surface area contributed by atoms with Crippen LogP contribution < -0.4 is 0 Å². The first kappa shape index (κ1) is 16.0. The van der Waals surface area contributed by atoms with E-state index in [-0.39, 0.29) is 0 Å². The van der Waals surface area contributed by atoms with Gasteiger partial charge in [-0.05, 0) is 39.2 Å². The predicted molar refractivity (Wildman–Crippen MR) is 87.3 cm³/mol. The number of aromatic nitrogens is 2. The molecule has 1 heterocycles. The largest absolute Gasteiger partial charge is 0.305 e. The van der Waals surface area contributed by atoms with Crippen molar-refractivity contribution in [1.82, 2.24) is 20.0 Å². The molecule has 2 rings (SSSR count). The van der Waals surface area contributed by atoms with E-state index in [9.17, 15) is 0 Å². The molecule has 0 unspecified atom stereocenters. The number of aromatic amines is 1. The Bertz CT molecular complexity index is 574. The third-order valence-corrected chi connectivity index (χ3v) is 3.84. The number of benzene rings is 1. The molecule has 0 spiro atoms. The van der Waals surface area contributed by atoms with Crippen molar-refractivity contribution in [3.63, 3.8) is 0 Å². The molecule has 0 amide bonds. The third-order valence-electron chi connectivity index (χ3n) is 3.34. The quantitative estimate of drug-likeness (QED) is 0.891. The van der Waals surface area contributed by atoms with Crippen LogP contribution in [0.3, 0.4) is 0 Å². The lowest BCUT2D eigenvalue weighted by molar-refractivity contribution is 0.315. The maximum absolute atomic E-state index is 6.20. The van der Waals surface area contributed by atoms with Crippen LogP contribution in [0.25, 0.3) is 0 Å². The van der Waals surface area contributed by atoms with Gasteiger partial charge in [0.1, 0.15) is 0 Å². The Morgan fingerprint density at radius 2 is 1.57 bits per heavy atom. The fourth-order valence-electron chi connectivity index (χ4n) is 2.31. The average molecular weight is 307 g/mol. The number of aryl methyl sites for hydroxylation is 1. The van der Waals surface area contributed by atoms with Crippen LogP contribution in [0.2, 0.25) is 5.02 Å². The van der Waals surface area contributed by atoms with Crippen molar-refractivity contribution in [2.24, 2.45) is 0 Å². The topological polar surface area (TPSA) is 35.2 Å². The minimum absolute atomic E-state index is 0.739. The summed E-state index contributed by atoms with van der Waals surface area (Å²) < 4.78 is 0. The van der Waals surface area contributed by atoms with Crippen molar-refractivity contribution in [1.29, 1.82) is 0 Å². The van der Waals surface area contributed by atoms with Gasteiger partial charge in [0.25, 0.3) is 0 Å². The van der Waals surface area contributed by atoms with Crippen LogP contribution in [0.4, 0.5) is 0 Å². The lowest BCUT2D eigenvalue weighted by Gasteiger charge is -2.16. The molecule has 0 radical (unpaired) electrons. The van der Waals surface area contributed by atoms with Gasteiger partial charge in [-0.1, -0.05) is 35.9 Å². The van der Waals surface area contributed by atoms with E-state index in [0.717, 1.165) is 36.0 Å². The normalized spacial score (nSPS) is 11.6. The molecule has 5 heteroatoms. The third kappa shape index (κ3) is 4.56. The highest BCUT2D eigenvalue weighted by Crippen LogP contribution is 2.19. The lowest BCUT2D eigenvalue weighted by Crippen LogP contribution is -2.18. The molecule has 1 aromatic heterocycles. The van der Waals surface area contributed by atoms with Crippen molar-refractivity contribution < 1.29 is 0 Å². The number of halogens is 1. The summed E-state index contributed by atoms with van der Waals surface area (Å²) in [6.45, 7) is 4.52. The number of nitrogens with one attached hydrogen (secondary N) is 1. The van der Waals surface area contributed by atoms with E-state index < -0.39 is 0 Å². The Morgan fingerprint density at radius 1 is 1.00 bits per heavy atom. The number of H-pyrrole nitrogens is 1. The van der Waals surface area contributed by atoms with Crippen LogP contribution in [0.1, 0.15) is 22.5 Å². The zero-order valence-electron chi connectivity index (χ0n) is 13.2. The summed E-state index contributed by atoms with van der Waals surface area (Å²) in [5, 5.41) is 7.90. The molecule has 1 aromatic carbocycles. The smallest absolute Gasteiger partial charge is 0.0951 e. The molecule has 4 nitrogen and oxygen atoms in total. The molecule has 0 saturated heterocycles. The molecule has 21 heavy (non-hydrogen) atoms.